The first kappa shape index (κ1) is 20.0. The summed E-state index contributed by atoms with van der Waals surface area (Å²) in [6, 6.07) is 11.8. The average Bonchev–Trinajstić information content (AvgIpc) is 3.36. The first-order valence-electron chi connectivity index (χ1n) is 10.9. The molecule has 1 aromatic carbocycles. The van der Waals surface area contributed by atoms with Crippen molar-refractivity contribution in [2.75, 3.05) is 6.54 Å². The summed E-state index contributed by atoms with van der Waals surface area (Å²) in [7, 11) is 0. The lowest BCUT2D eigenvalue weighted by Gasteiger charge is -2.39. The van der Waals surface area contributed by atoms with Crippen LogP contribution in [0.1, 0.15) is 56.3 Å². The van der Waals surface area contributed by atoms with E-state index < -0.39 is 0 Å². The molecule has 1 aliphatic carbocycles. The van der Waals surface area contributed by atoms with E-state index in [4.69, 9.17) is 4.42 Å². The molecule has 6 heteroatoms. The molecular weight excluding hydrogens is 393 g/mol. The van der Waals surface area contributed by atoms with Crippen molar-refractivity contribution < 1.29 is 13.6 Å². The van der Waals surface area contributed by atoms with Crippen molar-refractivity contribution >= 4 is 5.91 Å². The minimum absolute atomic E-state index is 0.0298. The van der Waals surface area contributed by atoms with Crippen molar-refractivity contribution in [1.29, 1.82) is 0 Å². The average molecular weight is 422 g/mol. The predicted molar refractivity (Wildman–Crippen MR) is 117 cm³/mol. The molecule has 31 heavy (non-hydrogen) atoms. The van der Waals surface area contributed by atoms with Crippen LogP contribution >= 0.6 is 0 Å². The van der Waals surface area contributed by atoms with Crippen molar-refractivity contribution in [3.63, 3.8) is 0 Å². The molecule has 2 fully saturated rings. The number of aryl methyl sites for hydroxylation is 1. The van der Waals surface area contributed by atoms with Crippen molar-refractivity contribution in [3.05, 3.63) is 59.7 Å². The Morgan fingerprint density at radius 2 is 1.87 bits per heavy atom. The number of carbonyl (C=O) groups is 1. The lowest BCUT2D eigenvalue weighted by Crippen LogP contribution is -2.38. The third-order valence-corrected chi connectivity index (χ3v) is 6.67. The largest absolute Gasteiger partial charge is 0.460 e. The van der Waals surface area contributed by atoms with E-state index in [1.165, 1.54) is 12.1 Å². The molecule has 2 aromatic heterocycles. The van der Waals surface area contributed by atoms with Crippen LogP contribution in [0.3, 0.4) is 0 Å². The molecule has 1 saturated carbocycles. The number of benzene rings is 1. The van der Waals surface area contributed by atoms with E-state index in [1.54, 1.807) is 22.9 Å². The highest BCUT2D eigenvalue weighted by Crippen LogP contribution is 2.52. The maximum atomic E-state index is 13.8. The molecule has 2 bridgehead atoms. The lowest BCUT2D eigenvalue weighted by molar-refractivity contribution is 0.0699. The summed E-state index contributed by atoms with van der Waals surface area (Å²) >= 11 is 0. The van der Waals surface area contributed by atoms with Crippen molar-refractivity contribution in [2.24, 2.45) is 10.8 Å². The molecule has 162 valence electrons. The molecule has 3 heterocycles. The highest BCUT2D eigenvalue weighted by Gasteiger charge is 2.51. The van der Waals surface area contributed by atoms with Crippen LogP contribution in [0.2, 0.25) is 0 Å². The Kier molecular flexibility index (Phi) is 4.40. The third kappa shape index (κ3) is 3.58. The van der Waals surface area contributed by atoms with Gasteiger partial charge in [0.15, 0.2) is 5.76 Å². The van der Waals surface area contributed by atoms with E-state index >= 15 is 0 Å². The van der Waals surface area contributed by atoms with Crippen LogP contribution in [0, 0.1) is 23.6 Å². The predicted octanol–water partition coefficient (Wildman–Crippen LogP) is 5.62. The van der Waals surface area contributed by atoms with E-state index in [9.17, 15) is 9.18 Å². The molecule has 1 amide bonds. The van der Waals surface area contributed by atoms with Gasteiger partial charge in [-0.05, 0) is 73.4 Å². The van der Waals surface area contributed by atoms with E-state index in [0.29, 0.717) is 22.8 Å². The Morgan fingerprint density at radius 1 is 1.13 bits per heavy atom. The van der Waals surface area contributed by atoms with Crippen LogP contribution in [-0.2, 0) is 0 Å². The van der Waals surface area contributed by atoms with Gasteiger partial charge in [0.1, 0.15) is 23.0 Å². The SMILES string of the molecule is Cc1ccc(-c2cc(C(=O)N3CC4(C)CC3CC(C)(C)C4)n(-c3ccc(F)cc3)n2)o1. The summed E-state index contributed by atoms with van der Waals surface area (Å²) in [5.41, 5.74) is 2.08. The number of hydrogen-bond acceptors (Lipinski definition) is 3. The maximum Gasteiger partial charge on any atom is 0.272 e. The van der Waals surface area contributed by atoms with Crippen molar-refractivity contribution in [1.82, 2.24) is 14.7 Å². The molecule has 2 atom stereocenters. The zero-order valence-corrected chi connectivity index (χ0v) is 18.5. The molecule has 0 radical (unpaired) electrons. The van der Waals surface area contributed by atoms with Gasteiger partial charge >= 0.3 is 0 Å². The number of hydrogen-bond donors (Lipinski definition) is 0. The second-order valence-electron chi connectivity index (χ2n) is 10.4. The summed E-state index contributed by atoms with van der Waals surface area (Å²) in [5.74, 6) is 1.04. The molecule has 2 unspecified atom stereocenters. The molecular formula is C25H28FN3O2. The maximum absolute atomic E-state index is 13.8. The smallest absolute Gasteiger partial charge is 0.272 e. The van der Waals surface area contributed by atoms with Gasteiger partial charge in [-0.25, -0.2) is 9.07 Å². The number of halogens is 1. The Hall–Kier alpha value is -2.89. The number of likely N-dealkylation sites (tertiary alicyclic amines) is 1. The molecule has 1 aliphatic heterocycles. The summed E-state index contributed by atoms with van der Waals surface area (Å²) in [6.07, 6.45) is 3.16. The number of aromatic nitrogens is 2. The van der Waals surface area contributed by atoms with Crippen molar-refractivity contribution in [3.8, 4) is 17.1 Å². The Morgan fingerprint density at radius 3 is 2.55 bits per heavy atom. The Balaban J connectivity index is 1.57. The van der Waals surface area contributed by atoms with Gasteiger partial charge in [0.05, 0.1) is 5.69 Å². The van der Waals surface area contributed by atoms with Crippen LogP contribution in [0.15, 0.2) is 46.9 Å². The number of rotatable bonds is 3. The molecule has 5 rings (SSSR count). The first-order chi connectivity index (χ1) is 14.6. The second kappa shape index (κ2) is 6.81. The lowest BCUT2D eigenvalue weighted by atomic mass is 9.65. The standard InChI is InChI=1S/C25H28FN3O2/c1-16-5-10-22(31-16)20-11-21(29(27-20)18-8-6-17(26)7-9-18)23(30)28-15-25(4)13-19(28)12-24(2,3)14-25/h5-11,19H,12-15H2,1-4H3. The molecule has 0 spiro atoms. The van der Waals surface area contributed by atoms with Gasteiger partial charge in [0, 0.05) is 18.7 Å². The second-order valence-corrected chi connectivity index (χ2v) is 10.4. The van der Waals surface area contributed by atoms with Gasteiger partial charge in [-0.3, -0.25) is 4.79 Å². The van der Waals surface area contributed by atoms with E-state index in [-0.39, 0.29) is 28.6 Å². The van der Waals surface area contributed by atoms with E-state index in [0.717, 1.165) is 31.6 Å². The van der Waals surface area contributed by atoms with Crippen LogP contribution in [0.4, 0.5) is 4.39 Å². The van der Waals surface area contributed by atoms with Gasteiger partial charge in [0.2, 0.25) is 0 Å². The van der Waals surface area contributed by atoms with E-state index in [2.05, 4.69) is 25.9 Å². The summed E-state index contributed by atoms with van der Waals surface area (Å²) < 4.78 is 20.9. The number of carbonyl (C=O) groups excluding carboxylic acids is 1. The summed E-state index contributed by atoms with van der Waals surface area (Å²) in [4.78, 5) is 15.8. The molecule has 0 N–H and O–H groups in total. The zero-order valence-electron chi connectivity index (χ0n) is 18.5. The quantitative estimate of drug-likeness (QED) is 0.551. The Labute approximate surface area is 181 Å². The van der Waals surface area contributed by atoms with Gasteiger partial charge in [-0.15, -0.1) is 0 Å². The first-order valence-corrected chi connectivity index (χ1v) is 10.9. The number of furan rings is 1. The molecule has 1 saturated heterocycles. The minimum atomic E-state index is -0.325. The van der Waals surface area contributed by atoms with E-state index in [1.807, 2.05) is 24.0 Å². The summed E-state index contributed by atoms with van der Waals surface area (Å²) in [5, 5.41) is 4.67. The fourth-order valence-electron chi connectivity index (χ4n) is 5.85. The fraction of sp³-hybridized carbons (Fsp3) is 0.440. The van der Waals surface area contributed by atoms with Crippen LogP contribution in [0.25, 0.3) is 17.1 Å². The normalized spacial score (nSPS) is 24.5. The minimum Gasteiger partial charge on any atom is -0.460 e. The highest BCUT2D eigenvalue weighted by atomic mass is 19.1. The van der Waals surface area contributed by atoms with Crippen LogP contribution < -0.4 is 0 Å². The zero-order chi connectivity index (χ0) is 22.0. The number of amides is 1. The molecule has 2 aliphatic rings. The molecule has 5 nitrogen and oxygen atoms in total. The van der Waals surface area contributed by atoms with Crippen LogP contribution in [0.5, 0.6) is 0 Å². The number of nitrogens with zero attached hydrogens (tertiary/aromatic N) is 3. The highest BCUT2D eigenvalue weighted by molar-refractivity contribution is 5.94. The van der Waals surface area contributed by atoms with Gasteiger partial charge in [0.25, 0.3) is 5.91 Å². The third-order valence-electron chi connectivity index (χ3n) is 6.67. The number of fused-ring (bicyclic) bond motifs is 2. The Bertz CT molecular complexity index is 1140. The summed E-state index contributed by atoms with van der Waals surface area (Å²) in [6.45, 7) is 9.52. The molecule has 3 aromatic rings. The van der Waals surface area contributed by atoms with Gasteiger partial charge in [-0.1, -0.05) is 20.8 Å². The van der Waals surface area contributed by atoms with Gasteiger partial charge < -0.3 is 9.32 Å². The van der Waals surface area contributed by atoms with Gasteiger partial charge in [-0.2, -0.15) is 5.10 Å². The monoisotopic (exact) mass is 421 g/mol. The topological polar surface area (TPSA) is 51.3 Å². The van der Waals surface area contributed by atoms with Crippen LogP contribution in [-0.4, -0.2) is 33.2 Å². The van der Waals surface area contributed by atoms with Crippen molar-refractivity contribution in [2.45, 2.75) is 53.0 Å². The fourth-order valence-corrected chi connectivity index (χ4v) is 5.85.